The average Bonchev–Trinajstić information content (AvgIpc) is 2.34. The van der Waals surface area contributed by atoms with Crippen molar-refractivity contribution in [1.29, 1.82) is 0 Å². The summed E-state index contributed by atoms with van der Waals surface area (Å²) in [6.45, 7) is 0. The van der Waals surface area contributed by atoms with Gasteiger partial charge in [-0.2, -0.15) is 0 Å². The molecule has 0 fully saturated rings. The third-order valence-electron chi connectivity index (χ3n) is 2.53. The summed E-state index contributed by atoms with van der Waals surface area (Å²) in [7, 11) is 0. The number of rotatable bonds is 6. The minimum atomic E-state index is -1.60. The number of carbonyl (C=O) groups is 2. The van der Waals surface area contributed by atoms with E-state index in [-0.39, 0.29) is 17.9 Å². The Morgan fingerprint density at radius 3 is 2.39 bits per heavy atom. The predicted octanol–water partition coefficient (Wildman–Crippen LogP) is 1.56. The van der Waals surface area contributed by atoms with Gasteiger partial charge in [-0.3, -0.25) is 4.79 Å². The van der Waals surface area contributed by atoms with E-state index in [9.17, 15) is 14.7 Å². The molecule has 1 atom stereocenters. The number of benzene rings is 1. The highest BCUT2D eigenvalue weighted by Gasteiger charge is 2.17. The fraction of sp³-hybridized carbons (Fsp3) is 0.333. The number of alkyl halides is 1. The van der Waals surface area contributed by atoms with Crippen molar-refractivity contribution >= 4 is 23.5 Å². The highest BCUT2D eigenvalue weighted by Crippen LogP contribution is 2.21. The second kappa shape index (κ2) is 6.37. The van der Waals surface area contributed by atoms with Crippen LogP contribution in [0.15, 0.2) is 18.2 Å². The van der Waals surface area contributed by atoms with Crippen LogP contribution in [0.3, 0.4) is 0 Å². The van der Waals surface area contributed by atoms with Gasteiger partial charge in [0.15, 0.2) is 6.10 Å². The molecular formula is C12H13ClO5. The van der Waals surface area contributed by atoms with E-state index in [4.69, 9.17) is 21.8 Å². The molecule has 0 saturated carbocycles. The van der Waals surface area contributed by atoms with Crippen molar-refractivity contribution in [2.45, 2.75) is 24.8 Å². The topological polar surface area (TPSA) is 94.8 Å². The molecule has 0 amide bonds. The normalized spacial score (nSPS) is 12.1. The summed E-state index contributed by atoms with van der Waals surface area (Å²) >= 11 is 5.73. The highest BCUT2D eigenvalue weighted by atomic mass is 35.5. The van der Waals surface area contributed by atoms with Crippen molar-refractivity contribution in [2.24, 2.45) is 0 Å². The van der Waals surface area contributed by atoms with Crippen molar-refractivity contribution in [1.82, 2.24) is 0 Å². The minimum Gasteiger partial charge on any atom is -0.481 e. The number of aliphatic carboxylic acids is 2. The highest BCUT2D eigenvalue weighted by molar-refractivity contribution is 6.17. The number of aliphatic hydroxyl groups is 1. The number of aryl methyl sites for hydroxylation is 1. The zero-order valence-electron chi connectivity index (χ0n) is 9.47. The first-order valence-electron chi connectivity index (χ1n) is 5.26. The summed E-state index contributed by atoms with van der Waals surface area (Å²) in [5.74, 6) is -2.12. The Morgan fingerprint density at radius 1 is 1.22 bits per heavy atom. The standard InChI is InChI=1S/C12H13ClO5/c13-6-9-5-8(11(16)12(17)18)2-1-7(9)3-4-10(14)15/h1-2,5,11,16H,3-4,6H2,(H,14,15)(H,17,18). The van der Waals surface area contributed by atoms with Gasteiger partial charge >= 0.3 is 11.9 Å². The maximum Gasteiger partial charge on any atom is 0.337 e. The van der Waals surface area contributed by atoms with Crippen LogP contribution >= 0.6 is 11.6 Å². The van der Waals surface area contributed by atoms with Gasteiger partial charge in [-0.1, -0.05) is 18.2 Å². The number of carboxylic acids is 2. The molecule has 6 heteroatoms. The van der Waals surface area contributed by atoms with Gasteiger partial charge in [0.05, 0.1) is 0 Å². The zero-order chi connectivity index (χ0) is 13.7. The van der Waals surface area contributed by atoms with Crippen LogP contribution in [-0.4, -0.2) is 27.3 Å². The fourth-order valence-corrected chi connectivity index (χ4v) is 1.82. The molecule has 0 radical (unpaired) electrons. The molecule has 0 spiro atoms. The van der Waals surface area contributed by atoms with Gasteiger partial charge in [0.1, 0.15) is 0 Å². The van der Waals surface area contributed by atoms with Crippen molar-refractivity contribution < 1.29 is 24.9 Å². The van der Waals surface area contributed by atoms with E-state index in [1.165, 1.54) is 12.1 Å². The van der Waals surface area contributed by atoms with Crippen LogP contribution in [0, 0.1) is 0 Å². The Kier molecular flexibility index (Phi) is 5.12. The Balaban J connectivity index is 2.96. The van der Waals surface area contributed by atoms with E-state index in [2.05, 4.69) is 0 Å². The molecule has 0 bridgehead atoms. The van der Waals surface area contributed by atoms with E-state index in [0.29, 0.717) is 12.0 Å². The zero-order valence-corrected chi connectivity index (χ0v) is 10.2. The van der Waals surface area contributed by atoms with Gasteiger partial charge in [0.2, 0.25) is 0 Å². The molecule has 1 rings (SSSR count). The molecule has 18 heavy (non-hydrogen) atoms. The predicted molar refractivity (Wildman–Crippen MR) is 64.6 cm³/mol. The lowest BCUT2D eigenvalue weighted by atomic mass is 9.99. The van der Waals surface area contributed by atoms with Crippen molar-refractivity contribution in [3.05, 3.63) is 34.9 Å². The number of hydrogen-bond donors (Lipinski definition) is 3. The SMILES string of the molecule is O=C(O)CCc1ccc(C(O)C(=O)O)cc1CCl. The summed E-state index contributed by atoms with van der Waals surface area (Å²) < 4.78 is 0. The smallest absolute Gasteiger partial charge is 0.337 e. The third kappa shape index (κ3) is 3.72. The summed E-state index contributed by atoms with van der Waals surface area (Å²) in [5.41, 5.74) is 1.61. The van der Waals surface area contributed by atoms with Gasteiger partial charge in [0, 0.05) is 12.3 Å². The van der Waals surface area contributed by atoms with E-state index in [0.717, 1.165) is 5.56 Å². The Labute approximate surface area is 109 Å². The lowest BCUT2D eigenvalue weighted by Crippen LogP contribution is -2.11. The Bertz CT molecular complexity index is 458. The van der Waals surface area contributed by atoms with Crippen LogP contribution in [0.2, 0.25) is 0 Å². The number of carboxylic acid groups (broad SMARTS) is 2. The van der Waals surface area contributed by atoms with Crippen LogP contribution in [0.25, 0.3) is 0 Å². The van der Waals surface area contributed by atoms with E-state index in [1.807, 2.05) is 0 Å². The second-order valence-electron chi connectivity index (χ2n) is 3.80. The first-order chi connectivity index (χ1) is 8.45. The molecule has 98 valence electrons. The largest absolute Gasteiger partial charge is 0.481 e. The molecule has 0 saturated heterocycles. The van der Waals surface area contributed by atoms with Crippen LogP contribution in [0.1, 0.15) is 29.2 Å². The summed E-state index contributed by atoms with van der Waals surface area (Å²) in [6.07, 6.45) is -1.30. The summed E-state index contributed by atoms with van der Waals surface area (Å²) in [4.78, 5) is 21.1. The Hall–Kier alpha value is -1.59. The van der Waals surface area contributed by atoms with Crippen LogP contribution in [0.5, 0.6) is 0 Å². The maximum atomic E-state index is 10.6. The average molecular weight is 273 g/mol. The quantitative estimate of drug-likeness (QED) is 0.683. The molecule has 0 aromatic heterocycles. The molecule has 1 aromatic carbocycles. The van der Waals surface area contributed by atoms with E-state index < -0.39 is 18.0 Å². The molecule has 1 aromatic rings. The number of hydrogen-bond acceptors (Lipinski definition) is 3. The third-order valence-corrected chi connectivity index (χ3v) is 2.82. The first-order valence-corrected chi connectivity index (χ1v) is 5.79. The van der Waals surface area contributed by atoms with Gasteiger partial charge in [-0.05, 0) is 23.1 Å². The summed E-state index contributed by atoms with van der Waals surface area (Å²) in [5, 5.41) is 26.7. The first kappa shape index (κ1) is 14.5. The van der Waals surface area contributed by atoms with Gasteiger partial charge in [-0.25, -0.2) is 4.79 Å². The molecule has 0 aliphatic rings. The van der Waals surface area contributed by atoms with Crippen molar-refractivity contribution in [2.75, 3.05) is 0 Å². The lowest BCUT2D eigenvalue weighted by molar-refractivity contribution is -0.147. The molecule has 3 N–H and O–H groups in total. The molecular weight excluding hydrogens is 260 g/mol. The van der Waals surface area contributed by atoms with Gasteiger partial charge in [-0.15, -0.1) is 11.6 Å². The lowest BCUT2D eigenvalue weighted by Gasteiger charge is -2.11. The van der Waals surface area contributed by atoms with E-state index >= 15 is 0 Å². The van der Waals surface area contributed by atoms with Crippen LogP contribution in [-0.2, 0) is 21.9 Å². The van der Waals surface area contributed by atoms with Crippen molar-refractivity contribution in [3.63, 3.8) is 0 Å². The molecule has 0 aliphatic carbocycles. The van der Waals surface area contributed by atoms with Crippen molar-refractivity contribution in [3.8, 4) is 0 Å². The fourth-order valence-electron chi connectivity index (χ4n) is 1.57. The number of halogens is 1. The van der Waals surface area contributed by atoms with Gasteiger partial charge < -0.3 is 15.3 Å². The van der Waals surface area contributed by atoms with Crippen LogP contribution < -0.4 is 0 Å². The summed E-state index contributed by atoms with van der Waals surface area (Å²) in [6, 6.07) is 4.55. The number of aliphatic hydroxyl groups excluding tert-OH is 1. The maximum absolute atomic E-state index is 10.6. The van der Waals surface area contributed by atoms with E-state index in [1.54, 1.807) is 6.07 Å². The molecule has 1 unspecified atom stereocenters. The second-order valence-corrected chi connectivity index (χ2v) is 4.06. The van der Waals surface area contributed by atoms with Gasteiger partial charge in [0.25, 0.3) is 0 Å². The molecule has 0 aliphatic heterocycles. The molecule has 0 heterocycles. The van der Waals surface area contributed by atoms with Crippen LogP contribution in [0.4, 0.5) is 0 Å². The minimum absolute atomic E-state index is 0.0231. The molecule has 5 nitrogen and oxygen atoms in total. The monoisotopic (exact) mass is 272 g/mol. The Morgan fingerprint density at radius 2 is 1.89 bits per heavy atom.